The van der Waals surface area contributed by atoms with Gasteiger partial charge in [-0.15, -0.1) is 12.4 Å². The zero-order valence-electron chi connectivity index (χ0n) is 17.2. The lowest BCUT2D eigenvalue weighted by molar-refractivity contribution is 0.0934. The molecule has 1 aliphatic rings. The fraction of sp³-hybridized carbons (Fsp3) is 0.435. The molecule has 0 saturated carbocycles. The standard InChI is InChI=1S/C23H30N2O3.ClH/c1-3-16-28-22-9-5-4-8-20(22)23(26)24-17-21(25-14-6-7-15-25)18-10-12-19(27-2)13-11-18;/h4-5,8-13,21H,3,6-7,14-17H2,1-2H3,(H,24,26);1H. The second kappa shape index (κ2) is 11.7. The lowest BCUT2D eigenvalue weighted by Crippen LogP contribution is -2.37. The van der Waals surface area contributed by atoms with E-state index in [9.17, 15) is 4.79 Å². The molecule has 0 bridgehead atoms. The van der Waals surface area contributed by atoms with Crippen LogP contribution in [-0.2, 0) is 0 Å². The van der Waals surface area contributed by atoms with Gasteiger partial charge in [-0.3, -0.25) is 9.69 Å². The van der Waals surface area contributed by atoms with Crippen LogP contribution < -0.4 is 14.8 Å². The van der Waals surface area contributed by atoms with Gasteiger partial charge in [0.2, 0.25) is 0 Å². The molecule has 29 heavy (non-hydrogen) atoms. The van der Waals surface area contributed by atoms with Gasteiger partial charge >= 0.3 is 0 Å². The Bertz CT molecular complexity index is 761. The van der Waals surface area contributed by atoms with Gasteiger partial charge < -0.3 is 14.8 Å². The zero-order valence-corrected chi connectivity index (χ0v) is 18.0. The summed E-state index contributed by atoms with van der Waals surface area (Å²) in [6, 6.07) is 15.7. The Morgan fingerprint density at radius 3 is 2.45 bits per heavy atom. The van der Waals surface area contributed by atoms with Gasteiger partial charge in [-0.1, -0.05) is 31.2 Å². The Balaban J connectivity index is 0.00000300. The molecule has 0 spiro atoms. The van der Waals surface area contributed by atoms with E-state index in [0.717, 1.165) is 25.3 Å². The molecule has 1 saturated heterocycles. The summed E-state index contributed by atoms with van der Waals surface area (Å²) in [5.74, 6) is 1.39. The minimum Gasteiger partial charge on any atom is -0.497 e. The van der Waals surface area contributed by atoms with E-state index < -0.39 is 0 Å². The molecular formula is C23H31ClN2O3. The number of hydrogen-bond donors (Lipinski definition) is 1. The number of para-hydroxylation sites is 1. The minimum atomic E-state index is -0.0931. The van der Waals surface area contributed by atoms with Crippen LogP contribution in [0.2, 0.25) is 0 Å². The number of amides is 1. The van der Waals surface area contributed by atoms with E-state index in [1.54, 1.807) is 7.11 Å². The molecule has 2 aromatic carbocycles. The first kappa shape index (κ1) is 23.0. The SMILES string of the molecule is CCCOc1ccccc1C(=O)NCC(c1ccc(OC)cc1)N1CCCC1.Cl. The summed E-state index contributed by atoms with van der Waals surface area (Å²) in [6.45, 7) is 5.34. The fourth-order valence-electron chi connectivity index (χ4n) is 3.61. The van der Waals surface area contributed by atoms with Crippen LogP contribution in [0.1, 0.15) is 48.1 Å². The average Bonchev–Trinajstić information content (AvgIpc) is 3.27. The lowest BCUT2D eigenvalue weighted by atomic mass is 10.0. The van der Waals surface area contributed by atoms with Crippen molar-refractivity contribution >= 4 is 18.3 Å². The van der Waals surface area contributed by atoms with E-state index in [1.807, 2.05) is 36.4 Å². The van der Waals surface area contributed by atoms with Crippen LogP contribution in [0.15, 0.2) is 48.5 Å². The minimum absolute atomic E-state index is 0. The molecule has 5 nitrogen and oxygen atoms in total. The molecule has 2 aromatic rings. The number of benzene rings is 2. The number of likely N-dealkylation sites (tertiary alicyclic amines) is 1. The molecule has 1 atom stereocenters. The maximum absolute atomic E-state index is 12.9. The molecular weight excluding hydrogens is 388 g/mol. The van der Waals surface area contributed by atoms with E-state index in [-0.39, 0.29) is 24.4 Å². The molecule has 3 rings (SSSR count). The third-order valence-corrected chi connectivity index (χ3v) is 5.13. The number of methoxy groups -OCH3 is 1. The van der Waals surface area contributed by atoms with E-state index >= 15 is 0 Å². The van der Waals surface area contributed by atoms with Crippen molar-refractivity contribution in [3.8, 4) is 11.5 Å². The normalized spacial score (nSPS) is 14.7. The Morgan fingerprint density at radius 2 is 1.79 bits per heavy atom. The summed E-state index contributed by atoms with van der Waals surface area (Å²) < 4.78 is 11.0. The first-order valence-corrected chi connectivity index (χ1v) is 10.1. The second-order valence-electron chi connectivity index (χ2n) is 7.09. The number of ether oxygens (including phenoxy) is 2. The molecule has 6 heteroatoms. The van der Waals surface area contributed by atoms with Gasteiger partial charge in [-0.05, 0) is 62.2 Å². The molecule has 0 radical (unpaired) electrons. The van der Waals surface area contributed by atoms with E-state index in [2.05, 4.69) is 29.3 Å². The molecule has 1 aliphatic heterocycles. The van der Waals surface area contributed by atoms with Crippen LogP contribution in [0.5, 0.6) is 11.5 Å². The van der Waals surface area contributed by atoms with E-state index in [4.69, 9.17) is 9.47 Å². The monoisotopic (exact) mass is 418 g/mol. The van der Waals surface area contributed by atoms with Crippen molar-refractivity contribution in [2.24, 2.45) is 0 Å². The topological polar surface area (TPSA) is 50.8 Å². The van der Waals surface area contributed by atoms with Crippen LogP contribution in [0.3, 0.4) is 0 Å². The number of carbonyl (C=O) groups excluding carboxylic acids is 1. The first-order valence-electron chi connectivity index (χ1n) is 10.1. The van der Waals surface area contributed by atoms with Gasteiger partial charge in [-0.25, -0.2) is 0 Å². The average molecular weight is 419 g/mol. The summed E-state index contributed by atoms with van der Waals surface area (Å²) in [7, 11) is 1.67. The van der Waals surface area contributed by atoms with E-state index in [1.165, 1.54) is 18.4 Å². The second-order valence-corrected chi connectivity index (χ2v) is 7.09. The van der Waals surface area contributed by atoms with Crippen molar-refractivity contribution in [2.75, 3.05) is 33.4 Å². The third-order valence-electron chi connectivity index (χ3n) is 5.13. The quantitative estimate of drug-likeness (QED) is 0.652. The van der Waals surface area contributed by atoms with Crippen molar-refractivity contribution in [3.05, 3.63) is 59.7 Å². The molecule has 158 valence electrons. The third kappa shape index (κ3) is 6.12. The molecule has 1 heterocycles. The van der Waals surface area contributed by atoms with Gasteiger partial charge in [0.05, 0.1) is 25.3 Å². The Kier molecular flexibility index (Phi) is 9.29. The molecule has 1 amide bonds. The highest BCUT2D eigenvalue weighted by Crippen LogP contribution is 2.26. The lowest BCUT2D eigenvalue weighted by Gasteiger charge is -2.28. The zero-order chi connectivity index (χ0) is 19.8. The van der Waals surface area contributed by atoms with Crippen molar-refractivity contribution in [1.82, 2.24) is 10.2 Å². The smallest absolute Gasteiger partial charge is 0.255 e. The highest BCUT2D eigenvalue weighted by molar-refractivity contribution is 5.96. The molecule has 1 N–H and O–H groups in total. The fourth-order valence-corrected chi connectivity index (χ4v) is 3.61. The van der Waals surface area contributed by atoms with Gasteiger partial charge in [0.15, 0.2) is 0 Å². The summed E-state index contributed by atoms with van der Waals surface area (Å²) in [6.07, 6.45) is 3.31. The van der Waals surface area contributed by atoms with Gasteiger partial charge in [0, 0.05) is 6.54 Å². The Morgan fingerprint density at radius 1 is 1.10 bits per heavy atom. The Hall–Kier alpha value is -2.24. The number of hydrogen-bond acceptors (Lipinski definition) is 4. The van der Waals surface area contributed by atoms with Crippen LogP contribution in [-0.4, -0.2) is 44.2 Å². The van der Waals surface area contributed by atoms with Crippen LogP contribution >= 0.6 is 12.4 Å². The number of carbonyl (C=O) groups is 1. The van der Waals surface area contributed by atoms with Crippen molar-refractivity contribution < 1.29 is 14.3 Å². The van der Waals surface area contributed by atoms with Crippen molar-refractivity contribution in [2.45, 2.75) is 32.2 Å². The molecule has 0 aromatic heterocycles. The van der Waals surface area contributed by atoms with E-state index in [0.29, 0.717) is 24.5 Å². The first-order chi connectivity index (χ1) is 13.7. The number of halogens is 1. The number of nitrogens with one attached hydrogen (secondary N) is 1. The number of nitrogens with zero attached hydrogens (tertiary/aromatic N) is 1. The van der Waals surface area contributed by atoms with Crippen LogP contribution in [0, 0.1) is 0 Å². The van der Waals surface area contributed by atoms with Crippen LogP contribution in [0.25, 0.3) is 0 Å². The summed E-state index contributed by atoms with van der Waals surface area (Å²) >= 11 is 0. The summed E-state index contributed by atoms with van der Waals surface area (Å²) in [5, 5.41) is 3.13. The highest BCUT2D eigenvalue weighted by Gasteiger charge is 2.24. The van der Waals surface area contributed by atoms with Crippen LogP contribution in [0.4, 0.5) is 0 Å². The Labute approximate surface area is 179 Å². The van der Waals surface area contributed by atoms with Gasteiger partial charge in [-0.2, -0.15) is 0 Å². The number of rotatable bonds is 9. The van der Waals surface area contributed by atoms with Gasteiger partial charge in [0.1, 0.15) is 11.5 Å². The van der Waals surface area contributed by atoms with Crippen molar-refractivity contribution in [1.29, 1.82) is 0 Å². The molecule has 0 aliphatic carbocycles. The maximum atomic E-state index is 12.9. The highest BCUT2D eigenvalue weighted by atomic mass is 35.5. The maximum Gasteiger partial charge on any atom is 0.255 e. The van der Waals surface area contributed by atoms with Crippen molar-refractivity contribution in [3.63, 3.8) is 0 Å². The largest absolute Gasteiger partial charge is 0.497 e. The predicted molar refractivity (Wildman–Crippen MR) is 118 cm³/mol. The predicted octanol–water partition coefficient (Wildman–Crippen LogP) is 4.47. The van der Waals surface area contributed by atoms with Gasteiger partial charge in [0.25, 0.3) is 5.91 Å². The summed E-state index contributed by atoms with van der Waals surface area (Å²) in [5.41, 5.74) is 1.78. The summed E-state index contributed by atoms with van der Waals surface area (Å²) in [4.78, 5) is 15.3. The molecule has 1 unspecified atom stereocenters. The molecule has 1 fully saturated rings.